The summed E-state index contributed by atoms with van der Waals surface area (Å²) in [5, 5.41) is 2.79. The molecule has 1 heterocycles. The van der Waals surface area contributed by atoms with Gasteiger partial charge in [-0.25, -0.2) is 4.98 Å². The maximum Gasteiger partial charge on any atom is 0.129 e. The van der Waals surface area contributed by atoms with Crippen LogP contribution in [0.25, 0.3) is 0 Å². The molecule has 0 saturated heterocycles. The van der Waals surface area contributed by atoms with Crippen molar-refractivity contribution in [2.24, 2.45) is 0 Å². The molecule has 0 aliphatic heterocycles. The summed E-state index contributed by atoms with van der Waals surface area (Å²) in [5.41, 5.74) is 0.859. The van der Waals surface area contributed by atoms with E-state index in [-0.39, 0.29) is 0 Å². The Labute approximate surface area is 58.4 Å². The molecule has 0 fully saturated rings. The first kappa shape index (κ1) is 5.19. The maximum absolute atomic E-state index is 7.29. The van der Waals surface area contributed by atoms with E-state index in [0.717, 1.165) is 11.5 Å². The van der Waals surface area contributed by atoms with E-state index >= 15 is 0 Å². The molecule has 3 heteroatoms. The molecule has 1 unspecified atom stereocenters. The van der Waals surface area contributed by atoms with Gasteiger partial charge in [-0.3, -0.25) is 0 Å². The smallest absolute Gasteiger partial charge is 0.129 e. The molecule has 9 heavy (non-hydrogen) atoms. The van der Waals surface area contributed by atoms with Crippen molar-refractivity contribution in [3.63, 3.8) is 0 Å². The van der Waals surface area contributed by atoms with Crippen LogP contribution in [0.15, 0.2) is 18.2 Å². The first-order chi connectivity index (χ1) is 4.72. The minimum absolute atomic E-state index is 0.484. The number of anilines is 1. The van der Waals surface area contributed by atoms with E-state index in [2.05, 4.69) is 19.5 Å². The molecular weight excluding hydrogens is 131 g/mol. The number of pyridine rings is 1. The molecule has 0 spiro atoms. The molecule has 0 aliphatic carbocycles. The molecule has 1 rings (SSSR count). The Kier molecular flexibility index (Phi) is 1.61. The summed E-state index contributed by atoms with van der Waals surface area (Å²) in [7, 11) is 2.34. The Morgan fingerprint density at radius 2 is 2.56 bits per heavy atom. The normalized spacial score (nSPS) is 10.7. The highest BCUT2D eigenvalue weighted by atomic mass is 31.0. The number of nitrogens with one attached hydrogen (secondary N) is 1. The van der Waals surface area contributed by atoms with Crippen LogP contribution in [0.1, 0.15) is 7.06 Å². The van der Waals surface area contributed by atoms with E-state index in [4.69, 9.17) is 1.37 Å². The Bertz CT molecular complexity index is 219. The minimum atomic E-state index is 0.484. The van der Waals surface area contributed by atoms with Gasteiger partial charge in [0.25, 0.3) is 0 Å². The quantitative estimate of drug-likeness (QED) is 0.601. The molecule has 48 valence electrons. The van der Waals surface area contributed by atoms with E-state index in [1.54, 1.807) is 12.1 Å². The van der Waals surface area contributed by atoms with Crippen molar-refractivity contribution >= 4 is 15.2 Å². The van der Waals surface area contributed by atoms with Crippen LogP contribution < -0.4 is 5.09 Å². The average molecular weight is 141 g/mol. The van der Waals surface area contributed by atoms with E-state index in [1.165, 1.54) is 0 Å². The highest BCUT2D eigenvalue weighted by Crippen LogP contribution is 2.04. The third-order valence-corrected chi connectivity index (χ3v) is 1.25. The zero-order valence-electron chi connectivity index (χ0n) is 6.18. The second-order valence-corrected chi connectivity index (χ2v) is 2.03. The fourth-order valence-corrected chi connectivity index (χ4v) is 0.718. The predicted molar refractivity (Wildman–Crippen MR) is 42.3 cm³/mol. The van der Waals surface area contributed by atoms with Crippen LogP contribution in [0.5, 0.6) is 0 Å². The van der Waals surface area contributed by atoms with Gasteiger partial charge >= 0.3 is 0 Å². The fourth-order valence-electron chi connectivity index (χ4n) is 0.570. The third-order valence-electron chi connectivity index (χ3n) is 0.957. The summed E-state index contributed by atoms with van der Waals surface area (Å²) in [6, 6.07) is 3.86. The lowest BCUT2D eigenvalue weighted by atomic mass is 10.4. The van der Waals surface area contributed by atoms with Gasteiger partial charge in [-0.1, -0.05) is 6.04 Å². The Morgan fingerprint density at radius 1 is 1.78 bits per heavy atom. The molecule has 2 nitrogen and oxygen atoms in total. The number of aromatic nitrogens is 1. The Morgan fingerprint density at radius 3 is 3.11 bits per heavy atom. The molecule has 1 atom stereocenters. The standard InChI is InChI=1S/C6H9N2P/c1-5-3-2-4-6(7-5)8-9/h2-4H,9H2,1H3,(H,7,8)/i2D. The van der Waals surface area contributed by atoms with Crippen molar-refractivity contribution < 1.29 is 1.37 Å². The average Bonchev–Trinajstić information content (AvgIpc) is 1.85. The number of hydrogen-bond acceptors (Lipinski definition) is 2. The zero-order valence-corrected chi connectivity index (χ0v) is 6.33. The largest absolute Gasteiger partial charge is 0.355 e. The molecule has 1 aromatic rings. The second-order valence-electron chi connectivity index (χ2n) is 1.74. The van der Waals surface area contributed by atoms with Gasteiger partial charge in [0.05, 0.1) is 1.37 Å². The third kappa shape index (κ3) is 1.65. The van der Waals surface area contributed by atoms with Crippen LogP contribution in [-0.2, 0) is 0 Å². The van der Waals surface area contributed by atoms with E-state index in [0.29, 0.717) is 6.04 Å². The van der Waals surface area contributed by atoms with Crippen LogP contribution in [0.3, 0.4) is 0 Å². The predicted octanol–water partition coefficient (Wildman–Crippen LogP) is 1.59. The second kappa shape index (κ2) is 2.79. The Hall–Kier alpha value is -0.620. The van der Waals surface area contributed by atoms with E-state index < -0.39 is 0 Å². The van der Waals surface area contributed by atoms with Crippen molar-refractivity contribution in [2.45, 2.75) is 6.92 Å². The Balaban J connectivity index is 3.06. The lowest BCUT2D eigenvalue weighted by molar-refractivity contribution is 1.21. The highest BCUT2D eigenvalue weighted by Gasteiger charge is 1.86. The molecular formula is C6H9N2P. The van der Waals surface area contributed by atoms with Gasteiger partial charge in [-0.15, -0.1) is 0 Å². The van der Waals surface area contributed by atoms with Crippen molar-refractivity contribution in [1.82, 2.24) is 4.98 Å². The molecule has 1 N–H and O–H groups in total. The van der Waals surface area contributed by atoms with Gasteiger partial charge in [-0.2, -0.15) is 0 Å². The zero-order chi connectivity index (χ0) is 7.56. The van der Waals surface area contributed by atoms with Crippen LogP contribution in [0.4, 0.5) is 5.82 Å². The lowest BCUT2D eigenvalue weighted by Crippen LogP contribution is -1.85. The van der Waals surface area contributed by atoms with Crippen molar-refractivity contribution in [3.8, 4) is 0 Å². The summed E-state index contributed by atoms with van der Waals surface area (Å²) in [5.74, 6) is 0.718. The van der Waals surface area contributed by atoms with Crippen LogP contribution >= 0.6 is 9.39 Å². The van der Waals surface area contributed by atoms with Gasteiger partial charge in [0.15, 0.2) is 0 Å². The first-order valence-corrected chi connectivity index (χ1v) is 3.22. The van der Waals surface area contributed by atoms with Crippen LogP contribution in [0, 0.1) is 6.92 Å². The van der Waals surface area contributed by atoms with E-state index in [9.17, 15) is 0 Å². The van der Waals surface area contributed by atoms with Crippen molar-refractivity contribution in [2.75, 3.05) is 5.09 Å². The molecule has 0 bridgehead atoms. The lowest BCUT2D eigenvalue weighted by Gasteiger charge is -1.96. The van der Waals surface area contributed by atoms with Gasteiger partial charge in [0.2, 0.25) is 0 Å². The monoisotopic (exact) mass is 141 g/mol. The molecule has 0 amide bonds. The molecule has 0 aliphatic rings. The fraction of sp³-hybridized carbons (Fsp3) is 0.167. The van der Waals surface area contributed by atoms with Crippen LogP contribution in [-0.4, -0.2) is 4.98 Å². The summed E-state index contributed by atoms with van der Waals surface area (Å²) in [6.07, 6.45) is 0. The van der Waals surface area contributed by atoms with Crippen molar-refractivity contribution in [3.05, 3.63) is 23.9 Å². The van der Waals surface area contributed by atoms with Crippen LogP contribution in [0.2, 0.25) is 0 Å². The van der Waals surface area contributed by atoms with Gasteiger partial charge in [0, 0.05) is 5.69 Å². The first-order valence-electron chi connectivity index (χ1n) is 3.14. The number of aryl methyl sites for hydroxylation is 1. The van der Waals surface area contributed by atoms with Gasteiger partial charge in [0.1, 0.15) is 5.82 Å². The van der Waals surface area contributed by atoms with Gasteiger partial charge < -0.3 is 5.09 Å². The minimum Gasteiger partial charge on any atom is -0.355 e. The molecule has 0 saturated carbocycles. The topological polar surface area (TPSA) is 24.9 Å². The molecule has 0 aromatic carbocycles. The summed E-state index contributed by atoms with van der Waals surface area (Å²) < 4.78 is 7.29. The summed E-state index contributed by atoms with van der Waals surface area (Å²) in [6.45, 7) is 1.86. The summed E-state index contributed by atoms with van der Waals surface area (Å²) in [4.78, 5) is 4.10. The molecule has 1 aromatic heterocycles. The number of nitrogens with zero attached hydrogens (tertiary/aromatic N) is 1. The molecule has 0 radical (unpaired) electrons. The SMILES string of the molecule is [2H]c1cc(C)nc(NP)c1. The maximum atomic E-state index is 7.29. The van der Waals surface area contributed by atoms with Gasteiger partial charge in [-0.05, 0) is 28.4 Å². The van der Waals surface area contributed by atoms with E-state index in [1.807, 2.05) is 6.92 Å². The highest BCUT2D eigenvalue weighted by molar-refractivity contribution is 7.18. The summed E-state index contributed by atoms with van der Waals surface area (Å²) >= 11 is 0. The number of rotatable bonds is 1. The number of hydrogen-bond donors (Lipinski definition) is 1. The van der Waals surface area contributed by atoms with Crippen molar-refractivity contribution in [1.29, 1.82) is 0 Å².